The van der Waals surface area contributed by atoms with Crippen molar-refractivity contribution < 1.29 is 23.5 Å². The van der Waals surface area contributed by atoms with Crippen LogP contribution >= 0.6 is 0 Å². The van der Waals surface area contributed by atoms with Gasteiger partial charge >= 0.3 is 6.03 Å². The number of rotatable bonds is 7. The number of aryl methyl sites for hydroxylation is 1. The lowest BCUT2D eigenvalue weighted by molar-refractivity contribution is -0.130. The van der Waals surface area contributed by atoms with Gasteiger partial charge in [-0.05, 0) is 73.5 Å². The number of hydrogen-bond donors (Lipinski definition) is 1. The molecule has 184 valence electrons. The molecule has 36 heavy (non-hydrogen) atoms. The molecule has 4 aromatic rings. The van der Waals surface area contributed by atoms with E-state index >= 15 is 0 Å². The van der Waals surface area contributed by atoms with Crippen LogP contribution in [0.25, 0.3) is 10.8 Å². The minimum atomic E-state index is -1.28. The molecule has 1 aliphatic heterocycles. The number of hydrogen-bond acceptors (Lipinski definition) is 5. The normalized spacial score (nSPS) is 17.6. The van der Waals surface area contributed by atoms with E-state index in [-0.39, 0.29) is 12.3 Å². The highest BCUT2D eigenvalue weighted by molar-refractivity contribution is 6.11. The number of urea groups is 1. The molecule has 1 unspecified atom stereocenters. The van der Waals surface area contributed by atoms with E-state index in [2.05, 4.69) is 5.32 Å². The Labute approximate surface area is 208 Å². The van der Waals surface area contributed by atoms with Gasteiger partial charge in [0.2, 0.25) is 0 Å². The standard InChI is InChI=1S/C28H27N3O5/c1-17-12-24(18(2)30(17)15-23-6-5-11-36-23)25(32)16-31-26(33)28(3,29-27(31)34)21-9-7-20-14-22(35-4)10-8-19(20)13-21/h5-14H,15-16H2,1-4H3,(H,29,34). The van der Waals surface area contributed by atoms with Crippen molar-refractivity contribution in [3.63, 3.8) is 0 Å². The second-order valence-electron chi connectivity index (χ2n) is 9.25. The van der Waals surface area contributed by atoms with E-state index in [0.29, 0.717) is 17.7 Å². The van der Waals surface area contributed by atoms with Crippen LogP contribution in [0.2, 0.25) is 0 Å². The third-order valence-corrected chi connectivity index (χ3v) is 6.97. The van der Waals surface area contributed by atoms with Crippen LogP contribution in [0.3, 0.4) is 0 Å². The van der Waals surface area contributed by atoms with Crippen LogP contribution in [0.15, 0.2) is 65.3 Å². The number of methoxy groups -OCH3 is 1. The van der Waals surface area contributed by atoms with Gasteiger partial charge in [0, 0.05) is 17.0 Å². The van der Waals surface area contributed by atoms with Gasteiger partial charge in [0.1, 0.15) is 17.0 Å². The summed E-state index contributed by atoms with van der Waals surface area (Å²) in [7, 11) is 1.61. The molecule has 0 saturated carbocycles. The van der Waals surface area contributed by atoms with Crippen molar-refractivity contribution in [2.45, 2.75) is 32.9 Å². The van der Waals surface area contributed by atoms with E-state index < -0.39 is 17.5 Å². The summed E-state index contributed by atoms with van der Waals surface area (Å²) < 4.78 is 12.7. The molecule has 2 aromatic heterocycles. The molecule has 1 aliphatic rings. The quantitative estimate of drug-likeness (QED) is 0.306. The number of benzene rings is 2. The van der Waals surface area contributed by atoms with Gasteiger partial charge in [0.25, 0.3) is 5.91 Å². The number of ketones is 1. The lowest BCUT2D eigenvalue weighted by Gasteiger charge is -2.22. The molecule has 8 heteroatoms. The lowest BCUT2D eigenvalue weighted by Crippen LogP contribution is -2.41. The van der Waals surface area contributed by atoms with Gasteiger partial charge in [0.05, 0.1) is 26.5 Å². The molecule has 1 fully saturated rings. The van der Waals surface area contributed by atoms with Crippen molar-refractivity contribution in [2.24, 2.45) is 0 Å². The minimum absolute atomic E-state index is 0.299. The predicted octanol–water partition coefficient (Wildman–Crippen LogP) is 4.56. The fourth-order valence-electron chi connectivity index (χ4n) is 4.81. The highest BCUT2D eigenvalue weighted by atomic mass is 16.5. The van der Waals surface area contributed by atoms with Crippen LogP contribution in [-0.2, 0) is 16.9 Å². The molecule has 1 atom stereocenters. The number of nitrogens with one attached hydrogen (secondary N) is 1. The number of nitrogens with zero attached hydrogens (tertiary/aromatic N) is 2. The Balaban J connectivity index is 1.38. The summed E-state index contributed by atoms with van der Waals surface area (Å²) in [6.07, 6.45) is 1.61. The van der Waals surface area contributed by atoms with Crippen LogP contribution < -0.4 is 10.1 Å². The zero-order chi connectivity index (χ0) is 25.6. The highest BCUT2D eigenvalue weighted by Crippen LogP contribution is 2.32. The second kappa shape index (κ2) is 8.71. The van der Waals surface area contributed by atoms with E-state index in [1.54, 1.807) is 26.4 Å². The summed E-state index contributed by atoms with van der Waals surface area (Å²) in [5.41, 5.74) is 1.50. The third kappa shape index (κ3) is 3.84. The largest absolute Gasteiger partial charge is 0.497 e. The van der Waals surface area contributed by atoms with E-state index in [9.17, 15) is 14.4 Å². The Morgan fingerprint density at radius 2 is 1.81 bits per heavy atom. The van der Waals surface area contributed by atoms with Crippen molar-refractivity contribution in [2.75, 3.05) is 13.7 Å². The van der Waals surface area contributed by atoms with Crippen LogP contribution in [-0.4, -0.2) is 40.8 Å². The number of carbonyl (C=O) groups is 3. The van der Waals surface area contributed by atoms with E-state index in [1.807, 2.05) is 66.9 Å². The first kappa shape index (κ1) is 23.4. The molecule has 2 aromatic carbocycles. The summed E-state index contributed by atoms with van der Waals surface area (Å²) >= 11 is 0. The third-order valence-electron chi connectivity index (χ3n) is 6.97. The molecule has 3 amide bonds. The van der Waals surface area contributed by atoms with E-state index in [1.165, 1.54) is 0 Å². The van der Waals surface area contributed by atoms with Crippen molar-refractivity contribution in [3.05, 3.63) is 89.1 Å². The molecule has 0 aliphatic carbocycles. The fourth-order valence-corrected chi connectivity index (χ4v) is 4.81. The average molecular weight is 486 g/mol. The van der Waals surface area contributed by atoms with Gasteiger partial charge in [-0.2, -0.15) is 0 Å². The molecule has 5 rings (SSSR count). The predicted molar refractivity (Wildman–Crippen MR) is 134 cm³/mol. The van der Waals surface area contributed by atoms with Gasteiger partial charge in [-0.1, -0.05) is 18.2 Å². The van der Waals surface area contributed by atoms with Crippen molar-refractivity contribution >= 4 is 28.5 Å². The van der Waals surface area contributed by atoms with Crippen molar-refractivity contribution in [1.29, 1.82) is 0 Å². The Bertz CT molecular complexity index is 1500. The Kier molecular flexibility index (Phi) is 5.67. The molecule has 0 bridgehead atoms. The van der Waals surface area contributed by atoms with Gasteiger partial charge < -0.3 is 19.0 Å². The van der Waals surface area contributed by atoms with E-state index in [4.69, 9.17) is 9.15 Å². The number of aromatic nitrogens is 1. The summed E-state index contributed by atoms with van der Waals surface area (Å²) in [6, 6.07) is 16.1. The molecular formula is C28H27N3O5. The van der Waals surface area contributed by atoms with Crippen LogP contribution in [0.5, 0.6) is 5.75 Å². The monoisotopic (exact) mass is 485 g/mol. The van der Waals surface area contributed by atoms with Crippen molar-refractivity contribution in [3.8, 4) is 5.75 Å². The Hall–Kier alpha value is -4.33. The SMILES string of the molecule is COc1ccc2cc(C3(C)NC(=O)N(CC(=O)c4cc(C)n(Cc5ccco5)c4C)C3=O)ccc2c1. The topological polar surface area (TPSA) is 93.8 Å². The zero-order valence-electron chi connectivity index (χ0n) is 20.6. The molecule has 0 radical (unpaired) electrons. The zero-order valence-corrected chi connectivity index (χ0v) is 20.6. The molecular weight excluding hydrogens is 458 g/mol. The average Bonchev–Trinajstić information content (AvgIpc) is 3.54. The minimum Gasteiger partial charge on any atom is -0.497 e. The first-order chi connectivity index (χ1) is 17.2. The fraction of sp³-hybridized carbons (Fsp3) is 0.250. The van der Waals surface area contributed by atoms with Crippen molar-refractivity contribution in [1.82, 2.24) is 14.8 Å². The van der Waals surface area contributed by atoms with Gasteiger partial charge in [-0.15, -0.1) is 0 Å². The number of furan rings is 1. The Morgan fingerprint density at radius 3 is 2.53 bits per heavy atom. The molecule has 0 spiro atoms. The first-order valence-electron chi connectivity index (χ1n) is 11.7. The van der Waals surface area contributed by atoms with Crippen LogP contribution in [0.1, 0.15) is 40.0 Å². The molecule has 1 N–H and O–H groups in total. The molecule has 1 saturated heterocycles. The smallest absolute Gasteiger partial charge is 0.325 e. The van der Waals surface area contributed by atoms with Gasteiger partial charge in [-0.25, -0.2) is 4.79 Å². The number of amides is 3. The maximum Gasteiger partial charge on any atom is 0.325 e. The number of imide groups is 1. The molecule has 3 heterocycles. The van der Waals surface area contributed by atoms with Crippen LogP contribution in [0, 0.1) is 13.8 Å². The lowest BCUT2D eigenvalue weighted by atomic mass is 9.90. The highest BCUT2D eigenvalue weighted by Gasteiger charge is 2.49. The number of Topliss-reactive ketones (excluding diaryl/α,β-unsaturated/α-hetero) is 1. The first-order valence-corrected chi connectivity index (χ1v) is 11.7. The summed E-state index contributed by atoms with van der Waals surface area (Å²) in [5, 5.41) is 4.66. The number of ether oxygens (including phenoxy) is 1. The maximum absolute atomic E-state index is 13.5. The summed E-state index contributed by atoms with van der Waals surface area (Å²) in [6.45, 7) is 5.58. The Morgan fingerprint density at radius 1 is 1.06 bits per heavy atom. The summed E-state index contributed by atoms with van der Waals surface area (Å²) in [5.74, 6) is 0.750. The van der Waals surface area contributed by atoms with Gasteiger partial charge in [0.15, 0.2) is 5.78 Å². The number of fused-ring (bicyclic) bond motifs is 1. The molecule has 8 nitrogen and oxygen atoms in total. The summed E-state index contributed by atoms with van der Waals surface area (Å²) in [4.78, 5) is 40.6. The maximum atomic E-state index is 13.5. The van der Waals surface area contributed by atoms with E-state index in [0.717, 1.165) is 38.6 Å². The van der Waals surface area contributed by atoms with Crippen LogP contribution in [0.4, 0.5) is 4.79 Å². The van der Waals surface area contributed by atoms with Gasteiger partial charge in [-0.3, -0.25) is 14.5 Å². The second-order valence-corrected chi connectivity index (χ2v) is 9.25. The number of carbonyl (C=O) groups excluding carboxylic acids is 3.